The van der Waals surface area contributed by atoms with Crippen LogP contribution in [0.3, 0.4) is 0 Å². The number of nitrogens with one attached hydrogen (secondary N) is 1. The Morgan fingerprint density at radius 3 is 2.42 bits per heavy atom. The fraction of sp³-hybridized carbons (Fsp3) is 0.333. The maximum atomic E-state index is 12.9. The smallest absolute Gasteiger partial charge is 0.255 e. The number of hydrogen-bond donors (Lipinski definition) is 1. The summed E-state index contributed by atoms with van der Waals surface area (Å²) in [6.45, 7) is 6.28. The Morgan fingerprint density at radius 2 is 1.77 bits per heavy atom. The van der Waals surface area contributed by atoms with Gasteiger partial charge in [-0.25, -0.2) is 0 Å². The average molecular weight is 371 g/mol. The zero-order valence-corrected chi connectivity index (χ0v) is 16.0. The molecule has 136 valence electrons. The first-order valence-corrected chi connectivity index (χ1v) is 9.10. The van der Waals surface area contributed by atoms with Gasteiger partial charge in [-0.3, -0.25) is 9.59 Å². The summed E-state index contributed by atoms with van der Waals surface area (Å²) in [7, 11) is 0. The van der Waals surface area contributed by atoms with Crippen LogP contribution in [0.15, 0.2) is 48.5 Å². The summed E-state index contributed by atoms with van der Waals surface area (Å²) < 4.78 is 0. The molecule has 3 rings (SSSR count). The number of rotatable bonds is 4. The molecule has 2 aromatic carbocycles. The summed E-state index contributed by atoms with van der Waals surface area (Å²) in [5, 5.41) is 3.69. The molecule has 1 aliphatic heterocycles. The van der Waals surface area contributed by atoms with Gasteiger partial charge in [-0.05, 0) is 56.5 Å². The lowest BCUT2D eigenvalue weighted by atomic mass is 10.0. The van der Waals surface area contributed by atoms with Crippen LogP contribution in [0.2, 0.25) is 5.02 Å². The molecule has 1 aliphatic rings. The predicted molar refractivity (Wildman–Crippen MR) is 103 cm³/mol. The van der Waals surface area contributed by atoms with E-state index in [0.717, 1.165) is 11.1 Å². The van der Waals surface area contributed by atoms with Crippen LogP contribution in [-0.2, 0) is 11.2 Å². The second-order valence-electron chi connectivity index (χ2n) is 7.60. The van der Waals surface area contributed by atoms with Crippen molar-refractivity contribution in [2.45, 2.75) is 38.8 Å². The Labute approximate surface area is 159 Å². The number of benzene rings is 2. The number of amides is 2. The molecule has 26 heavy (non-hydrogen) atoms. The lowest BCUT2D eigenvalue weighted by molar-refractivity contribution is -0.127. The number of halogens is 1. The van der Waals surface area contributed by atoms with E-state index in [4.69, 9.17) is 11.6 Å². The molecule has 1 atom stereocenters. The summed E-state index contributed by atoms with van der Waals surface area (Å²) in [4.78, 5) is 27.5. The van der Waals surface area contributed by atoms with Crippen molar-refractivity contribution in [3.05, 3.63) is 70.2 Å². The Kier molecular flexibility index (Phi) is 5.05. The van der Waals surface area contributed by atoms with Gasteiger partial charge in [-0.2, -0.15) is 0 Å². The molecule has 4 nitrogen and oxygen atoms in total. The molecule has 0 saturated heterocycles. The molecule has 0 saturated carbocycles. The third-order valence-electron chi connectivity index (χ3n) is 4.36. The van der Waals surface area contributed by atoms with E-state index in [-0.39, 0.29) is 17.4 Å². The molecule has 5 heteroatoms. The van der Waals surface area contributed by atoms with Gasteiger partial charge in [0.25, 0.3) is 5.91 Å². The molecule has 0 aliphatic carbocycles. The number of fused-ring (bicyclic) bond motifs is 1. The van der Waals surface area contributed by atoms with Gasteiger partial charge in [-0.15, -0.1) is 0 Å². The minimum Gasteiger partial charge on any atom is -0.349 e. The second-order valence-corrected chi connectivity index (χ2v) is 8.04. The zero-order valence-electron chi connectivity index (χ0n) is 15.3. The summed E-state index contributed by atoms with van der Waals surface area (Å²) in [5.74, 6) is -0.240. The molecule has 0 spiro atoms. The Bertz CT molecular complexity index is 825. The SMILES string of the molecule is CC(C)(C)NC(=O)C1c2ccccc2C(=O)N1CCc1ccc(Cl)cc1. The van der Waals surface area contributed by atoms with Crippen LogP contribution in [-0.4, -0.2) is 28.8 Å². The van der Waals surface area contributed by atoms with Crippen molar-refractivity contribution in [3.8, 4) is 0 Å². The van der Waals surface area contributed by atoms with E-state index < -0.39 is 6.04 Å². The monoisotopic (exact) mass is 370 g/mol. The van der Waals surface area contributed by atoms with Crippen LogP contribution in [0.1, 0.15) is 48.3 Å². The highest BCUT2D eigenvalue weighted by atomic mass is 35.5. The number of nitrogens with zero attached hydrogens (tertiary/aromatic N) is 1. The molecule has 0 radical (unpaired) electrons. The van der Waals surface area contributed by atoms with Gasteiger partial charge in [0.05, 0.1) is 0 Å². The molecular weight excluding hydrogens is 348 g/mol. The van der Waals surface area contributed by atoms with Crippen molar-refractivity contribution in [3.63, 3.8) is 0 Å². The molecule has 2 amide bonds. The Hall–Kier alpha value is -2.33. The third-order valence-corrected chi connectivity index (χ3v) is 4.61. The van der Waals surface area contributed by atoms with Crippen LogP contribution >= 0.6 is 11.6 Å². The fourth-order valence-corrected chi connectivity index (χ4v) is 3.35. The maximum Gasteiger partial charge on any atom is 0.255 e. The van der Waals surface area contributed by atoms with Crippen LogP contribution in [0.5, 0.6) is 0 Å². The van der Waals surface area contributed by atoms with Crippen LogP contribution in [0.4, 0.5) is 0 Å². The Balaban J connectivity index is 1.85. The fourth-order valence-electron chi connectivity index (χ4n) is 3.22. The zero-order chi connectivity index (χ0) is 18.9. The van der Waals surface area contributed by atoms with E-state index in [0.29, 0.717) is 23.6 Å². The van der Waals surface area contributed by atoms with Gasteiger partial charge < -0.3 is 10.2 Å². The van der Waals surface area contributed by atoms with Gasteiger partial charge in [-0.1, -0.05) is 41.9 Å². The predicted octanol–water partition coefficient (Wildman–Crippen LogP) is 3.99. The summed E-state index contributed by atoms with van der Waals surface area (Å²) in [6.07, 6.45) is 0.663. The quantitative estimate of drug-likeness (QED) is 0.884. The van der Waals surface area contributed by atoms with Gasteiger partial charge in [0, 0.05) is 22.7 Å². The molecular formula is C21H23ClN2O2. The van der Waals surface area contributed by atoms with E-state index in [1.165, 1.54) is 0 Å². The van der Waals surface area contributed by atoms with Gasteiger partial charge in [0.1, 0.15) is 6.04 Å². The molecule has 2 aromatic rings. The van der Waals surface area contributed by atoms with Crippen molar-refractivity contribution >= 4 is 23.4 Å². The number of carbonyl (C=O) groups is 2. The van der Waals surface area contributed by atoms with Crippen molar-refractivity contribution in [1.29, 1.82) is 0 Å². The standard InChI is InChI=1S/C21H23ClN2O2/c1-21(2,3)23-19(25)18-16-6-4-5-7-17(16)20(26)24(18)13-12-14-8-10-15(22)11-9-14/h4-11,18H,12-13H2,1-3H3,(H,23,25). The first-order valence-electron chi connectivity index (χ1n) is 8.72. The van der Waals surface area contributed by atoms with Gasteiger partial charge in [0.2, 0.25) is 5.91 Å². The highest BCUT2D eigenvalue weighted by Gasteiger charge is 2.41. The van der Waals surface area contributed by atoms with E-state index >= 15 is 0 Å². The highest BCUT2D eigenvalue weighted by molar-refractivity contribution is 6.30. The van der Waals surface area contributed by atoms with Gasteiger partial charge in [0.15, 0.2) is 0 Å². The summed E-state index contributed by atoms with van der Waals surface area (Å²) in [5.41, 5.74) is 2.10. The molecule has 0 bridgehead atoms. The van der Waals surface area contributed by atoms with Crippen molar-refractivity contribution in [1.82, 2.24) is 10.2 Å². The summed E-state index contributed by atoms with van der Waals surface area (Å²) in [6, 6.07) is 14.3. The van der Waals surface area contributed by atoms with E-state index in [1.54, 1.807) is 11.0 Å². The van der Waals surface area contributed by atoms with Crippen molar-refractivity contribution < 1.29 is 9.59 Å². The minimum absolute atomic E-state index is 0.0939. The third kappa shape index (κ3) is 3.91. The topological polar surface area (TPSA) is 49.4 Å². The van der Waals surface area contributed by atoms with Crippen LogP contribution < -0.4 is 5.32 Å². The summed E-state index contributed by atoms with van der Waals surface area (Å²) >= 11 is 5.93. The first kappa shape index (κ1) is 18.5. The van der Waals surface area contributed by atoms with Crippen LogP contribution in [0.25, 0.3) is 0 Å². The van der Waals surface area contributed by atoms with Crippen molar-refractivity contribution in [2.24, 2.45) is 0 Å². The largest absolute Gasteiger partial charge is 0.349 e. The number of hydrogen-bond acceptors (Lipinski definition) is 2. The lowest BCUT2D eigenvalue weighted by Gasteiger charge is -2.29. The molecule has 0 aromatic heterocycles. The molecule has 1 heterocycles. The average Bonchev–Trinajstić information content (AvgIpc) is 2.86. The van der Waals surface area contributed by atoms with E-state index in [1.807, 2.05) is 63.2 Å². The van der Waals surface area contributed by atoms with E-state index in [2.05, 4.69) is 5.32 Å². The van der Waals surface area contributed by atoms with E-state index in [9.17, 15) is 9.59 Å². The highest BCUT2D eigenvalue weighted by Crippen LogP contribution is 2.34. The maximum absolute atomic E-state index is 12.9. The Morgan fingerprint density at radius 1 is 1.12 bits per heavy atom. The molecule has 1 N–H and O–H groups in total. The lowest BCUT2D eigenvalue weighted by Crippen LogP contribution is -2.47. The number of carbonyl (C=O) groups excluding carboxylic acids is 2. The van der Waals surface area contributed by atoms with Crippen molar-refractivity contribution in [2.75, 3.05) is 6.54 Å². The second kappa shape index (κ2) is 7.12. The van der Waals surface area contributed by atoms with Gasteiger partial charge >= 0.3 is 0 Å². The molecule has 0 fully saturated rings. The normalized spacial score (nSPS) is 16.5. The van der Waals surface area contributed by atoms with Crippen LogP contribution in [0, 0.1) is 0 Å². The minimum atomic E-state index is -0.592. The molecule has 1 unspecified atom stereocenters. The first-order chi connectivity index (χ1) is 12.3.